The van der Waals surface area contributed by atoms with Crippen LogP contribution in [-0.4, -0.2) is 15.0 Å². The third kappa shape index (κ3) is 5.67. The molecule has 0 atom stereocenters. The normalized spacial score (nSPS) is 7.57. The minimum atomic E-state index is -1.19. The van der Waals surface area contributed by atoms with Gasteiger partial charge in [0.05, 0.1) is 0 Å². The van der Waals surface area contributed by atoms with Gasteiger partial charge in [-0.05, 0) is 22.6 Å². The lowest BCUT2D eigenvalue weighted by molar-refractivity contribution is 0.200. The molecule has 5 heteroatoms. The molecule has 0 spiro atoms. The maximum Gasteiger partial charge on any atom is 0.410 e. The largest absolute Gasteiger partial charge is 0.465 e. The van der Waals surface area contributed by atoms with Crippen LogP contribution in [-0.2, 0) is 0 Å². The van der Waals surface area contributed by atoms with Crippen molar-refractivity contribution in [2.45, 2.75) is 0 Å². The maximum absolute atomic E-state index is 9.55. The van der Waals surface area contributed by atoms with Crippen LogP contribution in [0.3, 0.4) is 0 Å². The molecule has 0 aromatic heterocycles. The van der Waals surface area contributed by atoms with Gasteiger partial charge in [0.1, 0.15) is 0 Å². The van der Waals surface area contributed by atoms with Crippen molar-refractivity contribution < 1.29 is 9.90 Å². The zero-order valence-corrected chi connectivity index (χ0v) is 5.39. The molecule has 0 bridgehead atoms. The standard InChI is InChI=1S/C2H3IN2O2/c3-1(4)5-2(6)7/h(H2,4,5)(H,6,7). The van der Waals surface area contributed by atoms with Crippen LogP contribution in [0.4, 0.5) is 4.79 Å². The van der Waals surface area contributed by atoms with Crippen LogP contribution in [0.1, 0.15) is 0 Å². The molecule has 0 rings (SSSR count). The van der Waals surface area contributed by atoms with E-state index in [1.165, 1.54) is 0 Å². The van der Waals surface area contributed by atoms with Crippen molar-refractivity contribution >= 4 is 32.5 Å². The topological polar surface area (TPSA) is 73.2 Å². The van der Waals surface area contributed by atoms with Crippen LogP contribution in [0.2, 0.25) is 0 Å². The summed E-state index contributed by atoms with van der Waals surface area (Å²) in [6.07, 6.45) is -1.19. The van der Waals surface area contributed by atoms with E-state index in [9.17, 15) is 4.79 Å². The van der Waals surface area contributed by atoms with Gasteiger partial charge in [-0.3, -0.25) is 10.7 Å². The minimum Gasteiger partial charge on any atom is -0.465 e. The molecule has 40 valence electrons. The highest BCUT2D eigenvalue weighted by Gasteiger charge is 1.92. The SMILES string of the molecule is N=C(I)NC(=O)O. The molecule has 0 unspecified atom stereocenters. The number of hydrogen-bond acceptors (Lipinski definition) is 2. The van der Waals surface area contributed by atoms with Gasteiger partial charge in [-0.25, -0.2) is 4.79 Å². The minimum absolute atomic E-state index is 0.0925. The molecule has 7 heavy (non-hydrogen) atoms. The third-order valence-corrected chi connectivity index (χ3v) is 0.486. The van der Waals surface area contributed by atoms with Gasteiger partial charge in [-0.15, -0.1) is 0 Å². The van der Waals surface area contributed by atoms with Gasteiger partial charge in [0.25, 0.3) is 0 Å². The summed E-state index contributed by atoms with van der Waals surface area (Å²) in [6, 6.07) is 0. The Morgan fingerprint density at radius 1 is 1.86 bits per heavy atom. The van der Waals surface area contributed by atoms with Crippen molar-refractivity contribution in [2.24, 2.45) is 0 Å². The second-order valence-electron chi connectivity index (χ2n) is 0.744. The van der Waals surface area contributed by atoms with E-state index in [1.807, 2.05) is 0 Å². The van der Waals surface area contributed by atoms with Crippen molar-refractivity contribution in [1.29, 1.82) is 5.41 Å². The highest BCUT2D eigenvalue weighted by Crippen LogP contribution is 1.77. The lowest BCUT2D eigenvalue weighted by Gasteiger charge is -1.88. The van der Waals surface area contributed by atoms with Gasteiger partial charge in [-0.2, -0.15) is 0 Å². The highest BCUT2D eigenvalue weighted by atomic mass is 127. The molecule has 0 saturated carbocycles. The van der Waals surface area contributed by atoms with E-state index < -0.39 is 6.09 Å². The summed E-state index contributed by atoms with van der Waals surface area (Å²) < 4.78 is -0.0925. The second-order valence-corrected chi connectivity index (χ2v) is 1.82. The van der Waals surface area contributed by atoms with Gasteiger partial charge in [-0.1, -0.05) is 0 Å². The lowest BCUT2D eigenvalue weighted by Crippen LogP contribution is -2.22. The monoisotopic (exact) mass is 214 g/mol. The number of halogens is 1. The van der Waals surface area contributed by atoms with Gasteiger partial charge in [0, 0.05) is 0 Å². The first-order valence-electron chi connectivity index (χ1n) is 1.37. The Balaban J connectivity index is 3.32. The Morgan fingerprint density at radius 2 is 2.29 bits per heavy atom. The number of carboxylic acid groups (broad SMARTS) is 1. The van der Waals surface area contributed by atoms with E-state index in [0.29, 0.717) is 0 Å². The molecule has 0 aromatic carbocycles. The Bertz CT molecular complexity index is 89.9. The number of hydrogen-bond donors (Lipinski definition) is 3. The molecule has 0 heterocycles. The van der Waals surface area contributed by atoms with Crippen molar-refractivity contribution in [3.63, 3.8) is 0 Å². The Labute approximate surface area is 53.6 Å². The van der Waals surface area contributed by atoms with Gasteiger partial charge >= 0.3 is 6.09 Å². The molecule has 0 aliphatic rings. The fourth-order valence-corrected chi connectivity index (χ4v) is 0.325. The maximum atomic E-state index is 9.55. The first-order chi connectivity index (χ1) is 3.13. The summed E-state index contributed by atoms with van der Waals surface area (Å²) in [7, 11) is 0. The molecule has 0 aliphatic carbocycles. The molecule has 0 saturated heterocycles. The molecule has 4 nitrogen and oxygen atoms in total. The average molecular weight is 214 g/mol. The molecule has 1 amide bonds. The number of amides is 1. The summed E-state index contributed by atoms with van der Waals surface area (Å²) in [6.45, 7) is 0. The van der Waals surface area contributed by atoms with Crippen molar-refractivity contribution in [1.82, 2.24) is 5.32 Å². The van der Waals surface area contributed by atoms with Crippen molar-refractivity contribution in [3.8, 4) is 0 Å². The van der Waals surface area contributed by atoms with Crippen LogP contribution >= 0.6 is 22.6 Å². The molecule has 0 fully saturated rings. The van der Waals surface area contributed by atoms with Crippen LogP contribution in [0.15, 0.2) is 0 Å². The lowest BCUT2D eigenvalue weighted by atomic mass is 11.1. The Hall–Kier alpha value is -0.330. The fraction of sp³-hybridized carbons (Fsp3) is 0. The molecule has 3 N–H and O–H groups in total. The van der Waals surface area contributed by atoms with E-state index in [0.717, 1.165) is 0 Å². The van der Waals surface area contributed by atoms with Crippen molar-refractivity contribution in [2.75, 3.05) is 0 Å². The smallest absolute Gasteiger partial charge is 0.410 e. The number of amidine groups is 1. The summed E-state index contributed by atoms with van der Waals surface area (Å²) in [5, 5.41) is 16.1. The summed E-state index contributed by atoms with van der Waals surface area (Å²) >= 11 is 1.55. The molecular formula is C2H3IN2O2. The van der Waals surface area contributed by atoms with Crippen LogP contribution < -0.4 is 5.32 Å². The predicted octanol–water partition coefficient (Wildman–Crippen LogP) is 0.624. The molecule has 0 aromatic rings. The van der Waals surface area contributed by atoms with E-state index in [-0.39, 0.29) is 3.84 Å². The predicted molar refractivity (Wildman–Crippen MR) is 32.9 cm³/mol. The average Bonchev–Trinajstić information content (AvgIpc) is 1.27. The number of rotatable bonds is 0. The van der Waals surface area contributed by atoms with E-state index >= 15 is 0 Å². The first kappa shape index (κ1) is 6.67. The van der Waals surface area contributed by atoms with E-state index in [2.05, 4.69) is 0 Å². The zero-order chi connectivity index (χ0) is 5.86. The van der Waals surface area contributed by atoms with Crippen LogP contribution in [0, 0.1) is 5.41 Å². The number of carbonyl (C=O) groups is 1. The molecular weight excluding hydrogens is 211 g/mol. The summed E-state index contributed by atoms with van der Waals surface area (Å²) in [5.74, 6) is 0. The van der Waals surface area contributed by atoms with Gasteiger partial charge in [0.15, 0.2) is 3.84 Å². The summed E-state index contributed by atoms with van der Waals surface area (Å²) in [5.41, 5.74) is 0. The third-order valence-electron chi connectivity index (χ3n) is 0.217. The molecule has 0 aliphatic heterocycles. The van der Waals surface area contributed by atoms with Crippen LogP contribution in [0.5, 0.6) is 0 Å². The Kier molecular flexibility index (Phi) is 2.65. The quantitative estimate of drug-likeness (QED) is 0.239. The van der Waals surface area contributed by atoms with Crippen molar-refractivity contribution in [3.05, 3.63) is 0 Å². The zero-order valence-electron chi connectivity index (χ0n) is 3.23. The first-order valence-corrected chi connectivity index (χ1v) is 2.45. The summed E-state index contributed by atoms with van der Waals surface area (Å²) in [4.78, 5) is 9.55. The highest BCUT2D eigenvalue weighted by molar-refractivity contribution is 14.1. The van der Waals surface area contributed by atoms with E-state index in [4.69, 9.17) is 10.5 Å². The van der Waals surface area contributed by atoms with Crippen LogP contribution in [0.25, 0.3) is 0 Å². The second kappa shape index (κ2) is 2.78. The Morgan fingerprint density at radius 3 is 2.29 bits per heavy atom. The van der Waals surface area contributed by atoms with E-state index in [1.54, 1.807) is 27.9 Å². The number of nitrogens with one attached hydrogen (secondary N) is 2. The molecule has 0 radical (unpaired) electrons. The van der Waals surface area contributed by atoms with Gasteiger partial charge in [0.2, 0.25) is 0 Å². The fourth-order valence-electron chi connectivity index (χ4n) is 0.0939. The van der Waals surface area contributed by atoms with Gasteiger partial charge < -0.3 is 5.11 Å².